The zero-order chi connectivity index (χ0) is 19.6. The molecule has 27 heavy (non-hydrogen) atoms. The van der Waals surface area contributed by atoms with Crippen molar-refractivity contribution in [2.45, 2.75) is 32.7 Å². The maximum atomic E-state index is 12.5. The number of carbonyl (C=O) groups is 2. The number of benzene rings is 2. The third kappa shape index (κ3) is 6.33. The Balaban J connectivity index is 2.11. The SMILES string of the molecule is CCCOc1ccc(C(CC(=O)[O-])NC(=O)c2ccc(OCC)cc2)cc1. The quantitative estimate of drug-likeness (QED) is 0.694. The molecule has 0 heterocycles. The smallest absolute Gasteiger partial charge is 0.251 e. The van der Waals surface area contributed by atoms with E-state index in [1.807, 2.05) is 13.8 Å². The van der Waals surface area contributed by atoms with Gasteiger partial charge in [0.05, 0.1) is 19.3 Å². The van der Waals surface area contributed by atoms with Crippen LogP contribution < -0.4 is 19.9 Å². The lowest BCUT2D eigenvalue weighted by atomic mass is 10.0. The summed E-state index contributed by atoms with van der Waals surface area (Å²) >= 11 is 0. The van der Waals surface area contributed by atoms with Gasteiger partial charge in [0, 0.05) is 18.0 Å². The van der Waals surface area contributed by atoms with Crippen LogP contribution in [0.2, 0.25) is 0 Å². The summed E-state index contributed by atoms with van der Waals surface area (Å²) < 4.78 is 10.9. The van der Waals surface area contributed by atoms with E-state index in [9.17, 15) is 14.7 Å². The van der Waals surface area contributed by atoms with E-state index >= 15 is 0 Å². The van der Waals surface area contributed by atoms with Crippen LogP contribution in [0, 0.1) is 0 Å². The Morgan fingerprint density at radius 1 is 0.963 bits per heavy atom. The van der Waals surface area contributed by atoms with Crippen molar-refractivity contribution >= 4 is 11.9 Å². The van der Waals surface area contributed by atoms with Crippen molar-refractivity contribution in [3.8, 4) is 11.5 Å². The minimum absolute atomic E-state index is 0.321. The number of carboxylic acid groups (broad SMARTS) is 1. The van der Waals surface area contributed by atoms with Crippen molar-refractivity contribution in [3.63, 3.8) is 0 Å². The molecule has 2 rings (SSSR count). The van der Waals surface area contributed by atoms with Gasteiger partial charge in [0.15, 0.2) is 0 Å². The fourth-order valence-electron chi connectivity index (χ4n) is 2.55. The molecule has 0 saturated heterocycles. The van der Waals surface area contributed by atoms with E-state index in [-0.39, 0.29) is 12.3 Å². The number of ether oxygens (including phenoxy) is 2. The Morgan fingerprint density at radius 2 is 1.56 bits per heavy atom. The van der Waals surface area contributed by atoms with Gasteiger partial charge in [-0.3, -0.25) is 4.79 Å². The van der Waals surface area contributed by atoms with E-state index in [0.717, 1.165) is 6.42 Å². The van der Waals surface area contributed by atoms with Crippen LogP contribution in [0.5, 0.6) is 11.5 Å². The Morgan fingerprint density at radius 3 is 2.11 bits per heavy atom. The molecule has 0 spiro atoms. The first-order valence-corrected chi connectivity index (χ1v) is 8.99. The molecule has 0 aliphatic rings. The average molecular weight is 370 g/mol. The van der Waals surface area contributed by atoms with Gasteiger partial charge in [-0.2, -0.15) is 0 Å². The van der Waals surface area contributed by atoms with Gasteiger partial charge in [0.25, 0.3) is 5.91 Å². The minimum Gasteiger partial charge on any atom is -0.550 e. The van der Waals surface area contributed by atoms with Crippen LogP contribution in [0.3, 0.4) is 0 Å². The molecular weight excluding hydrogens is 346 g/mol. The summed E-state index contributed by atoms with van der Waals surface area (Å²) in [6.07, 6.45) is 0.575. The summed E-state index contributed by atoms with van der Waals surface area (Å²) in [5, 5.41) is 13.9. The summed E-state index contributed by atoms with van der Waals surface area (Å²) in [6, 6.07) is 13.0. The van der Waals surface area contributed by atoms with Crippen LogP contribution in [-0.2, 0) is 4.79 Å². The van der Waals surface area contributed by atoms with E-state index in [2.05, 4.69) is 5.32 Å². The number of hydrogen-bond acceptors (Lipinski definition) is 5. The molecule has 2 aromatic rings. The fourth-order valence-corrected chi connectivity index (χ4v) is 2.55. The third-order valence-electron chi connectivity index (χ3n) is 3.86. The van der Waals surface area contributed by atoms with Crippen molar-refractivity contribution in [2.75, 3.05) is 13.2 Å². The van der Waals surface area contributed by atoms with Gasteiger partial charge in [0.2, 0.25) is 0 Å². The Kier molecular flexibility index (Phi) is 7.67. The van der Waals surface area contributed by atoms with Crippen molar-refractivity contribution < 1.29 is 24.2 Å². The van der Waals surface area contributed by atoms with Gasteiger partial charge in [-0.1, -0.05) is 19.1 Å². The number of aliphatic carboxylic acids is 1. The highest BCUT2D eigenvalue weighted by atomic mass is 16.5. The molecule has 1 atom stereocenters. The highest BCUT2D eigenvalue weighted by Gasteiger charge is 2.16. The first-order valence-electron chi connectivity index (χ1n) is 8.99. The van der Waals surface area contributed by atoms with Gasteiger partial charge in [-0.25, -0.2) is 0 Å². The predicted octanol–water partition coefficient (Wildman–Crippen LogP) is 2.49. The normalized spacial score (nSPS) is 11.5. The lowest BCUT2D eigenvalue weighted by molar-refractivity contribution is -0.306. The number of rotatable bonds is 10. The van der Waals surface area contributed by atoms with Gasteiger partial charge < -0.3 is 24.7 Å². The molecular formula is C21H24NO5-. The maximum Gasteiger partial charge on any atom is 0.251 e. The average Bonchev–Trinajstić information content (AvgIpc) is 2.66. The van der Waals surface area contributed by atoms with Gasteiger partial charge in [0.1, 0.15) is 11.5 Å². The summed E-state index contributed by atoms with van der Waals surface area (Å²) in [4.78, 5) is 23.6. The first kappa shape index (κ1) is 20.3. The summed E-state index contributed by atoms with van der Waals surface area (Å²) in [6.45, 7) is 5.04. The number of carbonyl (C=O) groups excluding carboxylic acids is 2. The highest BCUT2D eigenvalue weighted by molar-refractivity contribution is 5.94. The molecule has 6 heteroatoms. The predicted molar refractivity (Wildman–Crippen MR) is 99.7 cm³/mol. The molecule has 0 saturated carbocycles. The van der Waals surface area contributed by atoms with Gasteiger partial charge >= 0.3 is 0 Å². The molecule has 0 fully saturated rings. The molecule has 2 aromatic carbocycles. The summed E-state index contributed by atoms with van der Waals surface area (Å²) in [5.41, 5.74) is 1.09. The van der Waals surface area contributed by atoms with Crippen LogP contribution in [0.15, 0.2) is 48.5 Å². The van der Waals surface area contributed by atoms with E-state index in [4.69, 9.17) is 9.47 Å². The van der Waals surface area contributed by atoms with Crippen LogP contribution in [0.25, 0.3) is 0 Å². The first-order chi connectivity index (χ1) is 13.0. The molecule has 144 valence electrons. The highest BCUT2D eigenvalue weighted by Crippen LogP contribution is 2.21. The van der Waals surface area contributed by atoms with E-state index in [1.165, 1.54) is 0 Å². The number of amides is 1. The Bertz CT molecular complexity index is 740. The van der Waals surface area contributed by atoms with Crippen molar-refractivity contribution in [3.05, 3.63) is 59.7 Å². The maximum absolute atomic E-state index is 12.5. The molecule has 1 amide bonds. The van der Waals surface area contributed by atoms with Crippen molar-refractivity contribution in [1.82, 2.24) is 5.32 Å². The van der Waals surface area contributed by atoms with Crippen LogP contribution in [0.1, 0.15) is 48.7 Å². The molecule has 0 bridgehead atoms. The minimum atomic E-state index is -1.24. The zero-order valence-electron chi connectivity index (χ0n) is 15.6. The van der Waals surface area contributed by atoms with Crippen molar-refractivity contribution in [2.24, 2.45) is 0 Å². The molecule has 1 unspecified atom stereocenters. The Hall–Kier alpha value is -3.02. The van der Waals surface area contributed by atoms with Gasteiger partial charge in [-0.05, 0) is 55.3 Å². The third-order valence-corrected chi connectivity index (χ3v) is 3.86. The van der Waals surface area contributed by atoms with Crippen LogP contribution in [0.4, 0.5) is 0 Å². The molecule has 0 aliphatic carbocycles. The lowest BCUT2D eigenvalue weighted by Crippen LogP contribution is -2.34. The van der Waals surface area contributed by atoms with Crippen LogP contribution in [-0.4, -0.2) is 25.1 Å². The molecule has 0 radical (unpaired) electrons. The van der Waals surface area contributed by atoms with Crippen molar-refractivity contribution in [1.29, 1.82) is 0 Å². The molecule has 0 aliphatic heterocycles. The molecule has 0 aromatic heterocycles. The standard InChI is InChI=1S/C21H25NO5/c1-3-13-27-18-9-5-15(6-10-18)19(14-20(23)24)22-21(25)16-7-11-17(12-8-16)26-4-2/h5-12,19H,3-4,13-14H2,1-2H3,(H,22,25)(H,23,24)/p-1. The number of hydrogen-bond donors (Lipinski definition) is 1. The largest absolute Gasteiger partial charge is 0.550 e. The summed E-state index contributed by atoms with van der Waals surface area (Å²) in [7, 11) is 0. The number of carboxylic acids is 1. The van der Waals surface area contributed by atoms with E-state index < -0.39 is 12.0 Å². The molecule has 6 nitrogen and oxygen atoms in total. The fraction of sp³-hybridized carbons (Fsp3) is 0.333. The topological polar surface area (TPSA) is 87.7 Å². The molecule has 1 N–H and O–H groups in total. The second-order valence-electron chi connectivity index (χ2n) is 5.98. The summed E-state index contributed by atoms with van der Waals surface area (Å²) in [5.74, 6) is -0.234. The van der Waals surface area contributed by atoms with E-state index in [1.54, 1.807) is 48.5 Å². The second-order valence-corrected chi connectivity index (χ2v) is 5.98. The Labute approximate surface area is 159 Å². The lowest BCUT2D eigenvalue weighted by Gasteiger charge is -2.20. The number of nitrogens with one attached hydrogen (secondary N) is 1. The van der Waals surface area contributed by atoms with Crippen LogP contribution >= 0.6 is 0 Å². The monoisotopic (exact) mass is 370 g/mol. The second kappa shape index (κ2) is 10.2. The van der Waals surface area contributed by atoms with E-state index in [0.29, 0.717) is 35.8 Å². The van der Waals surface area contributed by atoms with Gasteiger partial charge in [-0.15, -0.1) is 0 Å². The zero-order valence-corrected chi connectivity index (χ0v) is 15.6.